The van der Waals surface area contributed by atoms with Crippen molar-refractivity contribution in [3.05, 3.63) is 48.7 Å². The molecule has 2 nitrogen and oxygen atoms in total. The Bertz CT molecular complexity index is 435. The maximum Gasteiger partial charge on any atom is 0.272 e. The quantitative estimate of drug-likeness (QED) is 0.287. The molecule has 0 aliphatic rings. The van der Waals surface area contributed by atoms with E-state index >= 15 is 0 Å². The van der Waals surface area contributed by atoms with E-state index in [1.807, 2.05) is 20.7 Å². The van der Waals surface area contributed by atoms with E-state index in [0.717, 1.165) is 24.8 Å². The minimum Gasteiger partial charge on any atom is -0.466 e. The first kappa shape index (κ1) is 22.5. The van der Waals surface area contributed by atoms with Gasteiger partial charge in [0, 0.05) is 5.97 Å². The summed E-state index contributed by atoms with van der Waals surface area (Å²) < 4.78 is 17.9. The summed E-state index contributed by atoms with van der Waals surface area (Å²) in [6.45, 7) is 16.8. The number of nitriles is 1. The predicted octanol–water partition coefficient (Wildman–Crippen LogP) is 6.23. The van der Waals surface area contributed by atoms with E-state index < -0.39 is 5.83 Å². The summed E-state index contributed by atoms with van der Waals surface area (Å²) in [5.74, 6) is 2.26. The zero-order valence-electron chi connectivity index (χ0n) is 14.7. The standard InChI is InChI=1S/C16H23BFNO.C2H6/c1-6-8-15(16(7-2)17(5)12-19)11-20-14(4)10-9-13(3)18;1-2/h9-11,16H,3-4,6-8H2,1-2,5H3;1-2H3/b10-9-,15-11+;. The van der Waals surface area contributed by atoms with Gasteiger partial charge in [0.15, 0.2) is 0 Å². The Labute approximate surface area is 136 Å². The molecule has 0 radical (unpaired) electrons. The lowest BCUT2D eigenvalue weighted by Crippen LogP contribution is -2.16. The molecular weight excluding hydrogens is 276 g/mol. The molecule has 0 aliphatic heterocycles. The maximum atomic E-state index is 12.5. The van der Waals surface area contributed by atoms with E-state index in [2.05, 4.69) is 33.0 Å². The average molecular weight is 305 g/mol. The van der Waals surface area contributed by atoms with Crippen LogP contribution in [0.25, 0.3) is 0 Å². The number of rotatable bonds is 9. The average Bonchev–Trinajstić information content (AvgIpc) is 2.52. The van der Waals surface area contributed by atoms with Crippen LogP contribution in [0.15, 0.2) is 48.7 Å². The van der Waals surface area contributed by atoms with E-state index in [1.165, 1.54) is 12.2 Å². The fraction of sp³-hybridized carbons (Fsp3) is 0.500. The second kappa shape index (κ2) is 14.2. The summed E-state index contributed by atoms with van der Waals surface area (Å²) in [6, 6.07) is 0. The molecule has 0 saturated carbocycles. The van der Waals surface area contributed by atoms with Crippen LogP contribution in [0.3, 0.4) is 0 Å². The van der Waals surface area contributed by atoms with Gasteiger partial charge in [-0.3, -0.25) is 0 Å². The topological polar surface area (TPSA) is 33.0 Å². The van der Waals surface area contributed by atoms with Crippen molar-refractivity contribution in [3.8, 4) is 5.97 Å². The van der Waals surface area contributed by atoms with Crippen molar-refractivity contribution in [3.63, 3.8) is 0 Å². The van der Waals surface area contributed by atoms with Gasteiger partial charge in [-0.25, -0.2) is 9.65 Å². The van der Waals surface area contributed by atoms with Gasteiger partial charge in [-0.05, 0) is 30.0 Å². The van der Waals surface area contributed by atoms with Gasteiger partial charge in [0.2, 0.25) is 0 Å². The van der Waals surface area contributed by atoms with Crippen molar-refractivity contribution >= 4 is 6.71 Å². The molecule has 1 unspecified atom stereocenters. The number of hydrogen-bond acceptors (Lipinski definition) is 2. The first-order valence-electron chi connectivity index (χ1n) is 7.92. The summed E-state index contributed by atoms with van der Waals surface area (Å²) >= 11 is 0. The van der Waals surface area contributed by atoms with Crippen LogP contribution in [0, 0.1) is 11.2 Å². The Kier molecular flexibility index (Phi) is 14.5. The zero-order valence-corrected chi connectivity index (χ0v) is 14.7. The third-order valence-electron chi connectivity index (χ3n) is 3.07. The van der Waals surface area contributed by atoms with Gasteiger partial charge >= 0.3 is 0 Å². The summed E-state index contributed by atoms with van der Waals surface area (Å²) in [6.07, 6.45) is 7.01. The second-order valence-electron chi connectivity index (χ2n) is 4.74. The van der Waals surface area contributed by atoms with Crippen molar-refractivity contribution in [2.75, 3.05) is 0 Å². The molecule has 122 valence electrons. The van der Waals surface area contributed by atoms with Crippen LogP contribution >= 0.6 is 0 Å². The molecule has 1 atom stereocenters. The van der Waals surface area contributed by atoms with Crippen LogP contribution in [0.5, 0.6) is 0 Å². The molecule has 0 spiro atoms. The zero-order chi connectivity index (χ0) is 17.5. The summed E-state index contributed by atoms with van der Waals surface area (Å²) in [5, 5.41) is 9.08. The Morgan fingerprint density at radius 3 is 2.32 bits per heavy atom. The van der Waals surface area contributed by atoms with Gasteiger partial charge in [-0.15, -0.1) is 0 Å². The number of halogens is 1. The lowest BCUT2D eigenvalue weighted by atomic mass is 9.42. The first-order valence-corrected chi connectivity index (χ1v) is 7.92. The van der Waals surface area contributed by atoms with E-state index in [9.17, 15) is 4.39 Å². The van der Waals surface area contributed by atoms with Gasteiger partial charge < -0.3 is 4.74 Å². The van der Waals surface area contributed by atoms with Crippen LogP contribution in [0.2, 0.25) is 12.6 Å². The summed E-state index contributed by atoms with van der Waals surface area (Å²) in [5.41, 5.74) is 1.10. The van der Waals surface area contributed by atoms with Crippen LogP contribution in [0.4, 0.5) is 4.39 Å². The molecule has 22 heavy (non-hydrogen) atoms. The highest BCUT2D eigenvalue weighted by molar-refractivity contribution is 6.67. The predicted molar refractivity (Wildman–Crippen MR) is 95.2 cm³/mol. The number of nitrogens with zero attached hydrogens (tertiary/aromatic N) is 1. The lowest BCUT2D eigenvalue weighted by molar-refractivity contribution is 0.362. The molecule has 0 aliphatic carbocycles. The molecular formula is C18H29BFNO. The highest BCUT2D eigenvalue weighted by Crippen LogP contribution is 2.29. The summed E-state index contributed by atoms with van der Waals surface area (Å²) in [4.78, 5) is 0. The van der Waals surface area contributed by atoms with Gasteiger partial charge in [-0.1, -0.05) is 60.5 Å². The van der Waals surface area contributed by atoms with Gasteiger partial charge in [0.05, 0.1) is 6.26 Å². The molecule has 4 heteroatoms. The minimum atomic E-state index is -0.544. The molecule has 0 rings (SSSR count). The third-order valence-corrected chi connectivity index (χ3v) is 3.07. The van der Waals surface area contributed by atoms with Crippen molar-refractivity contribution in [2.24, 2.45) is 0 Å². The molecule has 0 N–H and O–H groups in total. The Hall–Kier alpha value is -1.76. The fourth-order valence-corrected chi connectivity index (χ4v) is 2.02. The summed E-state index contributed by atoms with van der Waals surface area (Å²) in [7, 11) is 0. The molecule has 0 amide bonds. The fourth-order valence-electron chi connectivity index (χ4n) is 2.02. The highest BCUT2D eigenvalue weighted by atomic mass is 19.1. The van der Waals surface area contributed by atoms with Crippen LogP contribution < -0.4 is 0 Å². The molecule has 0 fully saturated rings. The number of hydrogen-bond donors (Lipinski definition) is 0. The van der Waals surface area contributed by atoms with Crippen molar-refractivity contribution in [1.82, 2.24) is 0 Å². The van der Waals surface area contributed by atoms with Gasteiger partial charge in [0.25, 0.3) is 6.71 Å². The van der Waals surface area contributed by atoms with E-state index in [1.54, 1.807) is 6.26 Å². The van der Waals surface area contributed by atoms with Crippen LogP contribution in [-0.2, 0) is 4.74 Å². The third kappa shape index (κ3) is 10.0. The first-order chi connectivity index (χ1) is 10.5. The second-order valence-corrected chi connectivity index (χ2v) is 4.74. The Morgan fingerprint density at radius 1 is 1.32 bits per heavy atom. The van der Waals surface area contributed by atoms with Crippen LogP contribution in [-0.4, -0.2) is 6.71 Å². The molecule has 0 saturated heterocycles. The normalized spacial score (nSPS) is 12.0. The lowest BCUT2D eigenvalue weighted by Gasteiger charge is -2.18. The molecule has 0 aromatic heterocycles. The molecule has 0 aromatic rings. The SMILES string of the molecule is C=C(F)/C=C\C(=C)O/C=C(\CCC)C(CC)B(C)C#N.CC. The smallest absolute Gasteiger partial charge is 0.272 e. The van der Waals surface area contributed by atoms with Gasteiger partial charge in [0.1, 0.15) is 11.6 Å². The van der Waals surface area contributed by atoms with Gasteiger partial charge in [-0.2, -0.15) is 0 Å². The molecule has 0 heterocycles. The molecule has 0 aromatic carbocycles. The Balaban J connectivity index is 0. The van der Waals surface area contributed by atoms with E-state index in [-0.39, 0.29) is 12.5 Å². The monoisotopic (exact) mass is 305 g/mol. The van der Waals surface area contributed by atoms with E-state index in [0.29, 0.717) is 5.76 Å². The van der Waals surface area contributed by atoms with E-state index in [4.69, 9.17) is 10.00 Å². The van der Waals surface area contributed by atoms with Crippen molar-refractivity contribution in [2.45, 2.75) is 59.6 Å². The molecule has 0 bridgehead atoms. The maximum absolute atomic E-state index is 12.5. The number of ether oxygens (including phenoxy) is 1. The minimum absolute atomic E-state index is 0.0594. The van der Waals surface area contributed by atoms with Crippen molar-refractivity contribution in [1.29, 1.82) is 5.26 Å². The largest absolute Gasteiger partial charge is 0.466 e. The van der Waals surface area contributed by atoms with Crippen molar-refractivity contribution < 1.29 is 9.13 Å². The highest BCUT2D eigenvalue weighted by Gasteiger charge is 2.23. The Morgan fingerprint density at radius 2 is 1.91 bits per heavy atom. The number of allylic oxidation sites excluding steroid dienone is 4. The van der Waals surface area contributed by atoms with Crippen LogP contribution in [0.1, 0.15) is 47.0 Å².